The van der Waals surface area contributed by atoms with E-state index >= 15 is 0 Å². The van der Waals surface area contributed by atoms with Crippen LogP contribution >= 0.6 is 0 Å². The minimum atomic E-state index is -4.76. The number of rotatable bonds is 4. The Labute approximate surface area is 212 Å². The van der Waals surface area contributed by atoms with Crippen molar-refractivity contribution < 1.29 is 40.8 Å². The number of alkyl halides is 3. The Morgan fingerprint density at radius 1 is 0.946 bits per heavy atom. The van der Waals surface area contributed by atoms with Crippen LogP contribution in [0, 0.1) is 17.6 Å². The predicted molar refractivity (Wildman–Crippen MR) is 128 cm³/mol. The van der Waals surface area contributed by atoms with Crippen molar-refractivity contribution in [2.45, 2.75) is 76.5 Å². The van der Waals surface area contributed by atoms with Crippen molar-refractivity contribution in [2.24, 2.45) is 5.92 Å². The second-order valence-corrected chi connectivity index (χ2v) is 10.8. The molecule has 5 nitrogen and oxygen atoms in total. The standard InChI is InChI=1S/C26H29BF5NO4/c1-14-20(15-7-9-16(28)10-8-15)21(35-25(14,6)26(30,31)32)22(34)33-17-11-12-19(29)18(13-17)27-36-23(2,3)24(4,5)37-27/h7-14,20-21H,1-6H3,(H,33,34)/t14-,20-,21+,25+/m0/s1. The summed E-state index contributed by atoms with van der Waals surface area (Å²) in [6.07, 6.45) is -6.31. The molecule has 1 amide bonds. The molecule has 2 aromatic carbocycles. The van der Waals surface area contributed by atoms with Crippen molar-refractivity contribution in [3.63, 3.8) is 0 Å². The molecule has 0 unspecified atom stereocenters. The van der Waals surface area contributed by atoms with Gasteiger partial charge in [0.25, 0.3) is 5.91 Å². The topological polar surface area (TPSA) is 56.8 Å². The van der Waals surface area contributed by atoms with E-state index in [0.717, 1.165) is 25.1 Å². The summed E-state index contributed by atoms with van der Waals surface area (Å²) >= 11 is 0. The highest BCUT2D eigenvalue weighted by Crippen LogP contribution is 2.53. The highest BCUT2D eigenvalue weighted by atomic mass is 19.4. The molecule has 4 atom stereocenters. The lowest BCUT2D eigenvalue weighted by atomic mass is 9.77. The fraction of sp³-hybridized carbons (Fsp3) is 0.500. The van der Waals surface area contributed by atoms with E-state index in [4.69, 9.17) is 14.0 Å². The van der Waals surface area contributed by atoms with Crippen LogP contribution in [0.15, 0.2) is 42.5 Å². The van der Waals surface area contributed by atoms with Crippen molar-refractivity contribution in [2.75, 3.05) is 5.32 Å². The Bertz CT molecular complexity index is 1170. The molecule has 2 aromatic rings. The molecular weight excluding hydrogens is 496 g/mol. The zero-order chi connectivity index (χ0) is 27.6. The average Bonchev–Trinajstić information content (AvgIpc) is 3.19. The van der Waals surface area contributed by atoms with Crippen LogP contribution in [0.1, 0.15) is 53.0 Å². The fourth-order valence-corrected chi connectivity index (χ4v) is 4.72. The number of amides is 1. The van der Waals surface area contributed by atoms with Crippen LogP contribution < -0.4 is 10.8 Å². The first kappa shape index (κ1) is 27.5. The normalized spacial score (nSPS) is 28.9. The molecule has 0 radical (unpaired) electrons. The molecule has 11 heteroatoms. The van der Waals surface area contributed by atoms with Crippen molar-refractivity contribution in [3.05, 3.63) is 59.7 Å². The minimum absolute atomic E-state index is 0.0346. The van der Waals surface area contributed by atoms with Crippen LogP contribution in [-0.4, -0.2) is 42.1 Å². The van der Waals surface area contributed by atoms with Crippen LogP contribution in [0.2, 0.25) is 0 Å². The lowest BCUT2D eigenvalue weighted by molar-refractivity contribution is -0.272. The number of hydrogen-bond donors (Lipinski definition) is 1. The van der Waals surface area contributed by atoms with Gasteiger partial charge in [0.05, 0.1) is 11.2 Å². The monoisotopic (exact) mass is 525 g/mol. The van der Waals surface area contributed by atoms with Gasteiger partial charge >= 0.3 is 13.3 Å². The first-order chi connectivity index (χ1) is 17.0. The third-order valence-electron chi connectivity index (χ3n) is 7.95. The van der Waals surface area contributed by atoms with Gasteiger partial charge in [0.15, 0.2) is 5.60 Å². The molecule has 200 valence electrons. The van der Waals surface area contributed by atoms with E-state index in [9.17, 15) is 26.7 Å². The molecular formula is C26H29BF5NO4. The van der Waals surface area contributed by atoms with Crippen LogP contribution in [0.5, 0.6) is 0 Å². The van der Waals surface area contributed by atoms with Gasteiger partial charge in [-0.25, -0.2) is 8.78 Å². The molecule has 0 aromatic heterocycles. The van der Waals surface area contributed by atoms with E-state index in [2.05, 4.69) is 5.32 Å². The molecule has 2 saturated heterocycles. The summed E-state index contributed by atoms with van der Waals surface area (Å²) in [7, 11) is -1.05. The van der Waals surface area contributed by atoms with Crippen molar-refractivity contribution >= 4 is 24.2 Å². The van der Waals surface area contributed by atoms with Gasteiger partial charge in [0.1, 0.15) is 17.7 Å². The number of carbonyl (C=O) groups excluding carboxylic acids is 1. The van der Waals surface area contributed by atoms with Crippen LogP contribution in [-0.2, 0) is 18.8 Å². The molecule has 2 fully saturated rings. The maximum Gasteiger partial charge on any atom is 0.497 e. The molecule has 37 heavy (non-hydrogen) atoms. The lowest BCUT2D eigenvalue weighted by Gasteiger charge is -2.32. The minimum Gasteiger partial charge on any atom is -0.399 e. The van der Waals surface area contributed by atoms with Crippen molar-refractivity contribution in [3.8, 4) is 0 Å². The third-order valence-corrected chi connectivity index (χ3v) is 7.95. The molecule has 0 bridgehead atoms. The summed E-state index contributed by atoms with van der Waals surface area (Å²) in [6.45, 7) is 9.48. The molecule has 0 aliphatic carbocycles. The summed E-state index contributed by atoms with van der Waals surface area (Å²) in [5.74, 6) is -4.22. The Morgan fingerprint density at radius 2 is 1.51 bits per heavy atom. The third kappa shape index (κ3) is 4.77. The van der Waals surface area contributed by atoms with Gasteiger partial charge in [-0.3, -0.25) is 4.79 Å². The van der Waals surface area contributed by atoms with E-state index in [1.807, 2.05) is 27.7 Å². The molecule has 2 heterocycles. The quantitative estimate of drug-likeness (QED) is 0.433. The number of halogens is 5. The maximum absolute atomic E-state index is 14.7. The molecule has 0 spiro atoms. The van der Waals surface area contributed by atoms with Gasteiger partial charge in [0, 0.05) is 23.0 Å². The first-order valence-corrected chi connectivity index (χ1v) is 11.9. The molecule has 1 N–H and O–H groups in total. The Morgan fingerprint density at radius 3 is 2.05 bits per heavy atom. The maximum atomic E-state index is 14.7. The van der Waals surface area contributed by atoms with E-state index in [1.54, 1.807) is 0 Å². The Hall–Kier alpha value is -2.50. The number of nitrogens with one attached hydrogen (secondary N) is 1. The van der Waals surface area contributed by atoms with Crippen molar-refractivity contribution in [1.82, 2.24) is 0 Å². The summed E-state index contributed by atoms with van der Waals surface area (Å²) in [6, 6.07) is 8.66. The van der Waals surface area contributed by atoms with Gasteiger partial charge in [-0.2, -0.15) is 13.2 Å². The molecule has 2 aliphatic heterocycles. The molecule has 2 aliphatic rings. The number of carbonyl (C=O) groups is 1. The average molecular weight is 525 g/mol. The number of ether oxygens (including phenoxy) is 1. The smallest absolute Gasteiger partial charge is 0.399 e. The van der Waals surface area contributed by atoms with Gasteiger partial charge in [-0.05, 0) is 70.5 Å². The zero-order valence-corrected chi connectivity index (χ0v) is 21.4. The SMILES string of the molecule is C[C@H]1[C@@H](c2ccc(F)cc2)[C@H](C(=O)Nc2ccc(F)c(B3OC(C)(C)C(C)(C)O3)c2)O[C@@]1(C)C(F)(F)F. The van der Waals surface area contributed by atoms with Gasteiger partial charge in [0.2, 0.25) is 0 Å². The van der Waals surface area contributed by atoms with Crippen LogP contribution in [0.3, 0.4) is 0 Å². The lowest BCUT2D eigenvalue weighted by Crippen LogP contribution is -2.47. The second-order valence-electron chi connectivity index (χ2n) is 10.8. The summed E-state index contributed by atoms with van der Waals surface area (Å²) in [5, 5.41) is 2.55. The Balaban J connectivity index is 1.64. The van der Waals surface area contributed by atoms with Crippen LogP contribution in [0.25, 0.3) is 0 Å². The van der Waals surface area contributed by atoms with E-state index in [1.165, 1.54) is 31.2 Å². The first-order valence-electron chi connectivity index (χ1n) is 11.9. The highest BCUT2D eigenvalue weighted by Gasteiger charge is 2.65. The number of hydrogen-bond acceptors (Lipinski definition) is 4. The summed E-state index contributed by atoms with van der Waals surface area (Å²) < 4.78 is 87.5. The Kier molecular flexibility index (Phi) is 6.74. The number of anilines is 1. The van der Waals surface area contributed by atoms with Gasteiger partial charge in [-0.15, -0.1) is 0 Å². The molecule has 0 saturated carbocycles. The highest BCUT2D eigenvalue weighted by molar-refractivity contribution is 6.62. The number of benzene rings is 2. The second kappa shape index (κ2) is 9.06. The largest absolute Gasteiger partial charge is 0.497 e. The van der Waals surface area contributed by atoms with E-state index in [0.29, 0.717) is 5.56 Å². The predicted octanol–water partition coefficient (Wildman–Crippen LogP) is 5.34. The summed E-state index contributed by atoms with van der Waals surface area (Å²) in [4.78, 5) is 13.3. The van der Waals surface area contributed by atoms with Gasteiger partial charge < -0.3 is 19.4 Å². The van der Waals surface area contributed by atoms with Gasteiger partial charge in [-0.1, -0.05) is 19.1 Å². The zero-order valence-electron chi connectivity index (χ0n) is 21.4. The molecule has 4 rings (SSSR count). The fourth-order valence-electron chi connectivity index (χ4n) is 4.72. The van der Waals surface area contributed by atoms with Crippen molar-refractivity contribution in [1.29, 1.82) is 0 Å². The summed E-state index contributed by atoms with van der Waals surface area (Å²) in [5.41, 5.74) is -3.59. The van der Waals surface area contributed by atoms with E-state index < -0.39 is 65.6 Å². The van der Waals surface area contributed by atoms with Crippen LogP contribution in [0.4, 0.5) is 27.6 Å². The van der Waals surface area contributed by atoms with E-state index in [-0.39, 0.29) is 11.2 Å².